The maximum atomic E-state index is 12.4. The fourth-order valence-electron chi connectivity index (χ4n) is 3.01. The van der Waals surface area contributed by atoms with Crippen molar-refractivity contribution in [3.05, 3.63) is 63.1 Å². The van der Waals surface area contributed by atoms with Gasteiger partial charge in [0.25, 0.3) is 5.69 Å². The van der Waals surface area contributed by atoms with Gasteiger partial charge in [0, 0.05) is 25.2 Å². The van der Waals surface area contributed by atoms with Crippen molar-refractivity contribution in [2.75, 3.05) is 31.2 Å². The molecule has 0 saturated carbocycles. The Kier molecular flexibility index (Phi) is 5.54. The number of hydrogen-bond acceptors (Lipinski definition) is 9. The number of carbonyl (C=O) groups is 1. The molecular formula is C19H17N3O6S. The summed E-state index contributed by atoms with van der Waals surface area (Å²) in [6, 6.07) is 9.84. The molecule has 10 heteroatoms. The van der Waals surface area contributed by atoms with Crippen LogP contribution in [0, 0.1) is 10.1 Å². The minimum Gasteiger partial charge on any atom is -0.455 e. The van der Waals surface area contributed by atoms with Gasteiger partial charge in [0.1, 0.15) is 18.0 Å². The van der Waals surface area contributed by atoms with Gasteiger partial charge in [-0.1, -0.05) is 11.2 Å². The van der Waals surface area contributed by atoms with E-state index in [0.29, 0.717) is 43.4 Å². The fourth-order valence-corrected chi connectivity index (χ4v) is 3.68. The van der Waals surface area contributed by atoms with E-state index in [1.54, 1.807) is 12.1 Å². The van der Waals surface area contributed by atoms with Crippen molar-refractivity contribution >= 4 is 28.7 Å². The molecule has 3 aromatic rings. The first-order valence-corrected chi connectivity index (χ1v) is 9.77. The van der Waals surface area contributed by atoms with Crippen molar-refractivity contribution in [2.45, 2.75) is 6.61 Å². The third-order valence-corrected chi connectivity index (χ3v) is 5.32. The van der Waals surface area contributed by atoms with Crippen molar-refractivity contribution in [3.63, 3.8) is 0 Å². The fraction of sp³-hybridized carbons (Fsp3) is 0.263. The molecule has 0 unspecified atom stereocenters. The van der Waals surface area contributed by atoms with Crippen LogP contribution in [0.4, 0.5) is 11.4 Å². The van der Waals surface area contributed by atoms with Crippen molar-refractivity contribution in [1.29, 1.82) is 0 Å². The number of aromatic nitrogens is 1. The number of anilines is 1. The van der Waals surface area contributed by atoms with Crippen molar-refractivity contribution in [2.24, 2.45) is 0 Å². The van der Waals surface area contributed by atoms with Gasteiger partial charge < -0.3 is 18.9 Å². The zero-order chi connectivity index (χ0) is 20.2. The molecule has 29 heavy (non-hydrogen) atoms. The average molecular weight is 415 g/mol. The average Bonchev–Trinajstić information content (AvgIpc) is 3.44. The molecule has 150 valence electrons. The first-order valence-electron chi connectivity index (χ1n) is 8.89. The molecule has 9 nitrogen and oxygen atoms in total. The van der Waals surface area contributed by atoms with Gasteiger partial charge in [0.2, 0.25) is 0 Å². The third kappa shape index (κ3) is 4.28. The van der Waals surface area contributed by atoms with Crippen LogP contribution in [0.2, 0.25) is 0 Å². The van der Waals surface area contributed by atoms with Gasteiger partial charge in [-0.15, -0.1) is 11.3 Å². The predicted octanol–water partition coefficient (Wildman–Crippen LogP) is 3.50. The molecule has 1 aliphatic heterocycles. The number of nitro benzene ring substituents is 1. The maximum Gasteiger partial charge on any atom is 0.338 e. The Bertz CT molecular complexity index is 1010. The highest BCUT2D eigenvalue weighted by Gasteiger charge is 2.24. The quantitative estimate of drug-likeness (QED) is 0.342. The van der Waals surface area contributed by atoms with E-state index in [0.717, 1.165) is 4.88 Å². The summed E-state index contributed by atoms with van der Waals surface area (Å²) < 4.78 is 15.8. The smallest absolute Gasteiger partial charge is 0.338 e. The standard InChI is InChI=1S/C19H17N3O6S/c23-19(27-12-14-11-17(28-20-14)18-2-1-9-29-18)13-3-4-15(16(10-13)22(24)25)21-5-7-26-8-6-21/h1-4,9-11H,5-8,12H2. The van der Waals surface area contributed by atoms with E-state index in [4.69, 9.17) is 14.0 Å². The lowest BCUT2D eigenvalue weighted by Crippen LogP contribution is -2.36. The molecule has 0 spiro atoms. The van der Waals surface area contributed by atoms with Crippen LogP contribution in [0.15, 0.2) is 46.3 Å². The van der Waals surface area contributed by atoms with Gasteiger partial charge in [-0.05, 0) is 23.6 Å². The number of nitro groups is 1. The normalized spacial score (nSPS) is 14.0. The molecule has 3 heterocycles. The number of nitrogens with zero attached hydrogens (tertiary/aromatic N) is 3. The number of ether oxygens (including phenoxy) is 2. The van der Waals surface area contributed by atoms with E-state index in [1.165, 1.54) is 23.5 Å². The molecule has 0 N–H and O–H groups in total. The minimum absolute atomic E-state index is 0.0906. The van der Waals surface area contributed by atoms with Gasteiger partial charge >= 0.3 is 5.97 Å². The van der Waals surface area contributed by atoms with E-state index in [9.17, 15) is 14.9 Å². The first kappa shape index (κ1) is 19.1. The number of rotatable bonds is 6. The van der Waals surface area contributed by atoms with Gasteiger partial charge in [-0.3, -0.25) is 10.1 Å². The van der Waals surface area contributed by atoms with Crippen molar-refractivity contribution < 1.29 is 23.7 Å². The number of esters is 1. The van der Waals surface area contributed by atoms with Crippen LogP contribution in [-0.2, 0) is 16.1 Å². The Morgan fingerprint density at radius 3 is 2.83 bits per heavy atom. The Morgan fingerprint density at radius 2 is 2.10 bits per heavy atom. The van der Waals surface area contributed by atoms with E-state index in [-0.39, 0.29) is 17.9 Å². The molecule has 1 aliphatic rings. The van der Waals surface area contributed by atoms with E-state index >= 15 is 0 Å². The summed E-state index contributed by atoms with van der Waals surface area (Å²) in [5, 5.41) is 17.3. The molecule has 0 atom stereocenters. The summed E-state index contributed by atoms with van der Waals surface area (Å²) in [4.78, 5) is 26.2. The third-order valence-electron chi connectivity index (χ3n) is 4.43. The van der Waals surface area contributed by atoms with Crippen LogP contribution in [0.5, 0.6) is 0 Å². The number of hydrogen-bond donors (Lipinski definition) is 0. The summed E-state index contributed by atoms with van der Waals surface area (Å²) in [5.41, 5.74) is 0.895. The topological polar surface area (TPSA) is 108 Å². The second-order valence-electron chi connectivity index (χ2n) is 6.30. The van der Waals surface area contributed by atoms with E-state index in [2.05, 4.69) is 5.16 Å². The molecule has 0 amide bonds. The Morgan fingerprint density at radius 1 is 1.28 bits per heavy atom. The molecule has 2 aromatic heterocycles. The second-order valence-corrected chi connectivity index (χ2v) is 7.24. The zero-order valence-electron chi connectivity index (χ0n) is 15.3. The molecule has 0 radical (unpaired) electrons. The SMILES string of the molecule is O=C(OCc1cc(-c2cccs2)on1)c1ccc(N2CCOCC2)c([N+](=O)[O-])c1. The number of benzene rings is 1. The predicted molar refractivity (Wildman–Crippen MR) is 105 cm³/mol. The first-order chi connectivity index (χ1) is 14.1. The largest absolute Gasteiger partial charge is 0.455 e. The van der Waals surface area contributed by atoms with Gasteiger partial charge in [-0.25, -0.2) is 4.79 Å². The lowest BCUT2D eigenvalue weighted by Gasteiger charge is -2.28. The Hall–Kier alpha value is -3.24. The highest BCUT2D eigenvalue weighted by Crippen LogP contribution is 2.30. The van der Waals surface area contributed by atoms with Crippen LogP contribution in [-0.4, -0.2) is 42.4 Å². The Labute approximate surface area is 169 Å². The summed E-state index contributed by atoms with van der Waals surface area (Å²) in [6.45, 7) is 2.04. The molecule has 1 saturated heterocycles. The molecule has 4 rings (SSSR count). The summed E-state index contributed by atoms with van der Waals surface area (Å²) in [7, 11) is 0. The monoisotopic (exact) mass is 415 g/mol. The maximum absolute atomic E-state index is 12.4. The van der Waals surface area contributed by atoms with Crippen molar-refractivity contribution in [1.82, 2.24) is 5.16 Å². The van der Waals surface area contributed by atoms with E-state index < -0.39 is 10.9 Å². The molecule has 1 aromatic carbocycles. The summed E-state index contributed by atoms with van der Waals surface area (Å²) in [5.74, 6) is -0.0705. The number of morpholine rings is 1. The summed E-state index contributed by atoms with van der Waals surface area (Å²) in [6.07, 6.45) is 0. The highest BCUT2D eigenvalue weighted by molar-refractivity contribution is 7.13. The summed E-state index contributed by atoms with van der Waals surface area (Å²) >= 11 is 1.51. The van der Waals surface area contributed by atoms with E-state index in [1.807, 2.05) is 22.4 Å². The van der Waals surface area contributed by atoms with Gasteiger partial charge in [0.05, 0.1) is 28.6 Å². The van der Waals surface area contributed by atoms with Crippen LogP contribution < -0.4 is 4.90 Å². The molecular weight excluding hydrogens is 398 g/mol. The molecule has 1 fully saturated rings. The van der Waals surface area contributed by atoms with Gasteiger partial charge in [0.15, 0.2) is 5.76 Å². The van der Waals surface area contributed by atoms with Crippen LogP contribution >= 0.6 is 11.3 Å². The van der Waals surface area contributed by atoms with Crippen molar-refractivity contribution in [3.8, 4) is 10.6 Å². The lowest BCUT2D eigenvalue weighted by atomic mass is 10.1. The second kappa shape index (κ2) is 8.41. The minimum atomic E-state index is -0.665. The highest BCUT2D eigenvalue weighted by atomic mass is 32.1. The number of carbonyl (C=O) groups excluding carboxylic acids is 1. The molecule has 0 bridgehead atoms. The van der Waals surface area contributed by atoms with Crippen LogP contribution in [0.25, 0.3) is 10.6 Å². The Balaban J connectivity index is 1.45. The van der Waals surface area contributed by atoms with Crippen LogP contribution in [0.1, 0.15) is 16.1 Å². The zero-order valence-corrected chi connectivity index (χ0v) is 16.1. The van der Waals surface area contributed by atoms with Gasteiger partial charge in [-0.2, -0.15) is 0 Å². The number of thiophene rings is 1. The molecule has 0 aliphatic carbocycles. The van der Waals surface area contributed by atoms with Crippen LogP contribution in [0.3, 0.4) is 0 Å². The lowest BCUT2D eigenvalue weighted by molar-refractivity contribution is -0.384.